The van der Waals surface area contributed by atoms with Crippen LogP contribution in [0.15, 0.2) is 23.8 Å². The molecule has 0 aliphatic rings. The molecule has 3 heteroatoms. The first-order chi connectivity index (χ1) is 5.54. The number of aliphatic hydroxyl groups excluding tert-OH is 1. The number of aliphatic hydroxyl groups is 1. The maximum Gasteiger partial charge on any atom is 0.333 e. The number of carbonyl (C=O) groups excluding carboxylic acids is 1. The second kappa shape index (κ2) is 4.72. The summed E-state index contributed by atoms with van der Waals surface area (Å²) in [4.78, 5) is 11.0. The summed E-state index contributed by atoms with van der Waals surface area (Å²) in [7, 11) is 1.30. The molecule has 12 heavy (non-hydrogen) atoms. The van der Waals surface area contributed by atoms with E-state index < -0.39 is 12.1 Å². The van der Waals surface area contributed by atoms with Crippen LogP contribution >= 0.6 is 0 Å². The van der Waals surface area contributed by atoms with Gasteiger partial charge in [0.15, 0.2) is 0 Å². The Bertz CT molecular complexity index is 214. The molecule has 0 saturated carbocycles. The fraction of sp³-hybridized carbons (Fsp3) is 0.444. The van der Waals surface area contributed by atoms with E-state index in [-0.39, 0.29) is 0 Å². The largest absolute Gasteiger partial charge is 0.466 e. The molecule has 0 heterocycles. The number of esters is 1. The van der Waals surface area contributed by atoms with Crippen molar-refractivity contribution in [2.45, 2.75) is 20.0 Å². The summed E-state index contributed by atoms with van der Waals surface area (Å²) in [5, 5.41) is 9.19. The van der Waals surface area contributed by atoms with Crippen LogP contribution < -0.4 is 0 Å². The standard InChI is InChI=1S/C9H14O3/c1-5-8(7(3)10)6(2)9(11)12-4/h5,7,10H,1H2,2-4H3. The van der Waals surface area contributed by atoms with Crippen LogP contribution in [0.4, 0.5) is 0 Å². The maximum atomic E-state index is 11.0. The highest BCUT2D eigenvalue weighted by molar-refractivity contribution is 5.89. The van der Waals surface area contributed by atoms with E-state index >= 15 is 0 Å². The van der Waals surface area contributed by atoms with Crippen LogP contribution in [0.1, 0.15) is 13.8 Å². The zero-order valence-corrected chi connectivity index (χ0v) is 7.63. The number of hydrogen-bond donors (Lipinski definition) is 1. The predicted molar refractivity (Wildman–Crippen MR) is 46.6 cm³/mol. The second-order valence-corrected chi connectivity index (χ2v) is 2.45. The molecular weight excluding hydrogens is 156 g/mol. The summed E-state index contributed by atoms with van der Waals surface area (Å²) in [6.07, 6.45) is 0.762. The molecule has 1 unspecified atom stereocenters. The van der Waals surface area contributed by atoms with Gasteiger partial charge in [-0.25, -0.2) is 4.79 Å². The van der Waals surface area contributed by atoms with Gasteiger partial charge in [-0.05, 0) is 19.4 Å². The Kier molecular flexibility index (Phi) is 4.29. The van der Waals surface area contributed by atoms with Crippen LogP contribution in [0, 0.1) is 0 Å². The molecule has 1 N–H and O–H groups in total. The van der Waals surface area contributed by atoms with E-state index in [1.54, 1.807) is 13.8 Å². The van der Waals surface area contributed by atoms with Gasteiger partial charge in [-0.2, -0.15) is 0 Å². The normalized spacial score (nSPS) is 14.7. The minimum Gasteiger partial charge on any atom is -0.466 e. The van der Waals surface area contributed by atoms with Crippen molar-refractivity contribution < 1.29 is 14.6 Å². The third kappa shape index (κ3) is 2.51. The molecule has 0 aromatic heterocycles. The molecule has 0 aromatic carbocycles. The zero-order chi connectivity index (χ0) is 9.72. The van der Waals surface area contributed by atoms with Gasteiger partial charge in [0.25, 0.3) is 0 Å². The van der Waals surface area contributed by atoms with Crippen LogP contribution in [0.3, 0.4) is 0 Å². The minimum absolute atomic E-state index is 0.391. The van der Waals surface area contributed by atoms with Crippen molar-refractivity contribution in [2.75, 3.05) is 7.11 Å². The topological polar surface area (TPSA) is 46.5 Å². The van der Waals surface area contributed by atoms with Crippen molar-refractivity contribution in [3.63, 3.8) is 0 Å². The number of carbonyl (C=O) groups is 1. The minimum atomic E-state index is -0.693. The number of ether oxygens (including phenoxy) is 1. The Labute approximate surface area is 72.3 Å². The molecule has 3 nitrogen and oxygen atoms in total. The van der Waals surface area contributed by atoms with E-state index in [4.69, 9.17) is 0 Å². The number of hydrogen-bond acceptors (Lipinski definition) is 3. The fourth-order valence-corrected chi connectivity index (χ4v) is 0.908. The van der Waals surface area contributed by atoms with Gasteiger partial charge in [-0.1, -0.05) is 12.7 Å². The molecule has 0 aromatic rings. The predicted octanol–water partition coefficient (Wildman–Crippen LogP) is 1.04. The second-order valence-electron chi connectivity index (χ2n) is 2.45. The van der Waals surface area contributed by atoms with Gasteiger partial charge in [0.2, 0.25) is 0 Å². The lowest BCUT2D eigenvalue weighted by Gasteiger charge is -2.08. The van der Waals surface area contributed by atoms with Crippen molar-refractivity contribution >= 4 is 5.97 Å². The maximum absolute atomic E-state index is 11.0. The molecular formula is C9H14O3. The third-order valence-electron chi connectivity index (χ3n) is 1.59. The zero-order valence-electron chi connectivity index (χ0n) is 7.63. The number of methoxy groups -OCH3 is 1. The highest BCUT2D eigenvalue weighted by Crippen LogP contribution is 2.11. The first kappa shape index (κ1) is 10.9. The van der Waals surface area contributed by atoms with Crippen molar-refractivity contribution in [1.82, 2.24) is 0 Å². The lowest BCUT2D eigenvalue weighted by atomic mass is 10.1. The van der Waals surface area contributed by atoms with E-state index in [2.05, 4.69) is 11.3 Å². The SMILES string of the molecule is C=CC(=C(C)C(=O)OC)C(C)O. The lowest BCUT2D eigenvalue weighted by Crippen LogP contribution is -2.11. The molecule has 0 aliphatic carbocycles. The van der Waals surface area contributed by atoms with Gasteiger partial charge in [0.05, 0.1) is 13.2 Å². The average molecular weight is 170 g/mol. The molecule has 0 radical (unpaired) electrons. The Balaban J connectivity index is 4.84. The van der Waals surface area contributed by atoms with Crippen molar-refractivity contribution in [3.05, 3.63) is 23.8 Å². The summed E-state index contributed by atoms with van der Waals surface area (Å²) in [6.45, 7) is 6.66. The lowest BCUT2D eigenvalue weighted by molar-refractivity contribution is -0.136. The van der Waals surface area contributed by atoms with Crippen LogP contribution in [-0.2, 0) is 9.53 Å². The Morgan fingerprint density at radius 2 is 2.17 bits per heavy atom. The van der Waals surface area contributed by atoms with Gasteiger partial charge < -0.3 is 9.84 Å². The van der Waals surface area contributed by atoms with Gasteiger partial charge in [-0.3, -0.25) is 0 Å². The van der Waals surface area contributed by atoms with Gasteiger partial charge in [-0.15, -0.1) is 0 Å². The highest BCUT2D eigenvalue weighted by Gasteiger charge is 2.11. The smallest absolute Gasteiger partial charge is 0.333 e. The van der Waals surface area contributed by atoms with Crippen LogP contribution in [0.25, 0.3) is 0 Å². The molecule has 0 rings (SSSR count). The molecule has 0 aliphatic heterocycles. The van der Waals surface area contributed by atoms with E-state index in [0.717, 1.165) is 0 Å². The molecule has 1 atom stereocenters. The van der Waals surface area contributed by atoms with Gasteiger partial charge in [0, 0.05) is 5.57 Å². The summed E-state index contributed by atoms with van der Waals surface area (Å²) in [6, 6.07) is 0. The highest BCUT2D eigenvalue weighted by atomic mass is 16.5. The number of rotatable bonds is 3. The van der Waals surface area contributed by atoms with Gasteiger partial charge >= 0.3 is 5.97 Å². The van der Waals surface area contributed by atoms with Gasteiger partial charge in [0.1, 0.15) is 0 Å². The Morgan fingerprint density at radius 3 is 2.42 bits per heavy atom. The quantitative estimate of drug-likeness (QED) is 0.391. The van der Waals surface area contributed by atoms with E-state index in [1.165, 1.54) is 13.2 Å². The first-order valence-electron chi connectivity index (χ1n) is 3.64. The monoisotopic (exact) mass is 170 g/mol. The van der Waals surface area contributed by atoms with Crippen molar-refractivity contribution in [1.29, 1.82) is 0 Å². The molecule has 0 amide bonds. The van der Waals surface area contributed by atoms with E-state index in [1.807, 2.05) is 0 Å². The molecule has 0 saturated heterocycles. The Hall–Kier alpha value is -1.09. The molecule has 68 valence electrons. The van der Waals surface area contributed by atoms with Crippen molar-refractivity contribution in [2.24, 2.45) is 0 Å². The molecule has 0 bridgehead atoms. The summed E-state index contributed by atoms with van der Waals surface area (Å²) < 4.78 is 4.49. The Morgan fingerprint density at radius 1 is 1.67 bits per heavy atom. The van der Waals surface area contributed by atoms with Crippen molar-refractivity contribution in [3.8, 4) is 0 Å². The molecule has 0 fully saturated rings. The summed E-state index contributed by atoms with van der Waals surface area (Å²) in [5.41, 5.74) is 0.893. The van der Waals surface area contributed by atoms with Crippen LogP contribution in [-0.4, -0.2) is 24.3 Å². The van der Waals surface area contributed by atoms with Crippen LogP contribution in [0.5, 0.6) is 0 Å². The fourth-order valence-electron chi connectivity index (χ4n) is 0.908. The first-order valence-corrected chi connectivity index (χ1v) is 3.64. The van der Waals surface area contributed by atoms with E-state index in [0.29, 0.717) is 11.1 Å². The van der Waals surface area contributed by atoms with E-state index in [9.17, 15) is 9.90 Å². The summed E-state index contributed by atoms with van der Waals surface area (Å²) in [5.74, 6) is -0.439. The third-order valence-corrected chi connectivity index (χ3v) is 1.59. The summed E-state index contributed by atoms with van der Waals surface area (Å²) >= 11 is 0. The molecule has 0 spiro atoms. The van der Waals surface area contributed by atoms with Crippen LogP contribution in [0.2, 0.25) is 0 Å². The average Bonchev–Trinajstić information content (AvgIpc) is 2.03.